The van der Waals surface area contributed by atoms with E-state index < -0.39 is 17.7 Å². The molecule has 2 aromatic rings. The molecule has 1 unspecified atom stereocenters. The van der Waals surface area contributed by atoms with Crippen LogP contribution >= 0.6 is 0 Å². The largest absolute Gasteiger partial charge is 0.481 e. The Bertz CT molecular complexity index is 740. The highest BCUT2D eigenvalue weighted by Gasteiger charge is 2.24. The molecular formula is C16H16FN3O3. The molecule has 23 heavy (non-hydrogen) atoms. The normalized spacial score (nSPS) is 14.3. The van der Waals surface area contributed by atoms with Crippen molar-refractivity contribution in [3.63, 3.8) is 0 Å². The van der Waals surface area contributed by atoms with Gasteiger partial charge in [0.15, 0.2) is 0 Å². The lowest BCUT2D eigenvalue weighted by atomic mass is 9.99. The maximum Gasteiger partial charge on any atom is 0.312 e. The maximum atomic E-state index is 13.0. The molecule has 7 heteroatoms. The Balaban J connectivity index is 1.70. The molecular weight excluding hydrogens is 301 g/mol. The van der Waals surface area contributed by atoms with E-state index in [1.54, 1.807) is 4.68 Å². The summed E-state index contributed by atoms with van der Waals surface area (Å²) in [5.74, 6) is -2.76. The van der Waals surface area contributed by atoms with Crippen LogP contribution in [0.5, 0.6) is 0 Å². The third-order valence-corrected chi connectivity index (χ3v) is 4.01. The molecule has 3 rings (SSSR count). The van der Waals surface area contributed by atoms with Crippen LogP contribution in [0.15, 0.2) is 30.5 Å². The minimum Gasteiger partial charge on any atom is -0.481 e. The molecule has 1 amide bonds. The fourth-order valence-electron chi connectivity index (χ4n) is 2.79. The Hall–Kier alpha value is -2.70. The summed E-state index contributed by atoms with van der Waals surface area (Å²) in [4.78, 5) is 23.7. The van der Waals surface area contributed by atoms with Gasteiger partial charge in [-0.3, -0.25) is 14.3 Å². The van der Waals surface area contributed by atoms with Gasteiger partial charge < -0.3 is 10.4 Å². The van der Waals surface area contributed by atoms with Gasteiger partial charge >= 0.3 is 5.97 Å². The monoisotopic (exact) mass is 317 g/mol. The number of halogens is 1. The van der Waals surface area contributed by atoms with Crippen molar-refractivity contribution < 1.29 is 19.1 Å². The number of carbonyl (C=O) groups is 2. The molecule has 2 heterocycles. The second-order valence-corrected chi connectivity index (χ2v) is 5.48. The van der Waals surface area contributed by atoms with Crippen LogP contribution in [0.1, 0.15) is 34.0 Å². The smallest absolute Gasteiger partial charge is 0.312 e. The second kappa shape index (κ2) is 6.20. The molecule has 0 saturated carbocycles. The lowest BCUT2D eigenvalue weighted by Gasteiger charge is -2.14. The Morgan fingerprint density at radius 3 is 2.78 bits per heavy atom. The van der Waals surface area contributed by atoms with Crippen LogP contribution in [0.2, 0.25) is 0 Å². The number of aromatic nitrogens is 2. The number of fused-ring (bicyclic) bond motifs is 1. The molecule has 0 saturated heterocycles. The molecule has 0 fully saturated rings. The molecule has 1 aromatic heterocycles. The van der Waals surface area contributed by atoms with Crippen molar-refractivity contribution in [2.75, 3.05) is 6.54 Å². The predicted octanol–water partition coefficient (Wildman–Crippen LogP) is 1.57. The summed E-state index contributed by atoms with van der Waals surface area (Å²) < 4.78 is 14.7. The summed E-state index contributed by atoms with van der Waals surface area (Å²) in [6.45, 7) is 0.736. The number of hydrogen-bond donors (Lipinski definition) is 2. The molecule has 0 aliphatic carbocycles. The van der Waals surface area contributed by atoms with E-state index in [-0.39, 0.29) is 12.5 Å². The van der Waals surface area contributed by atoms with E-state index in [0.29, 0.717) is 11.1 Å². The van der Waals surface area contributed by atoms with Gasteiger partial charge in [0.05, 0.1) is 23.4 Å². The first-order valence-corrected chi connectivity index (χ1v) is 7.37. The van der Waals surface area contributed by atoms with Crippen molar-refractivity contribution in [1.82, 2.24) is 15.1 Å². The number of nitrogens with one attached hydrogen (secondary N) is 1. The molecule has 0 radical (unpaired) electrons. The number of nitrogens with zero attached hydrogens (tertiary/aromatic N) is 2. The van der Waals surface area contributed by atoms with Gasteiger partial charge in [-0.2, -0.15) is 5.10 Å². The highest BCUT2D eigenvalue weighted by atomic mass is 19.1. The standard InChI is InChI=1S/C16H16FN3O3/c17-11-5-3-10(4-6-11)12(16(22)23)8-18-15(21)13-9-19-20-7-1-2-14(13)20/h3-6,9,12H,1-2,7-8H2,(H,18,21)(H,22,23). The molecule has 0 bridgehead atoms. The molecule has 6 nitrogen and oxygen atoms in total. The van der Waals surface area contributed by atoms with Crippen molar-refractivity contribution in [1.29, 1.82) is 0 Å². The summed E-state index contributed by atoms with van der Waals surface area (Å²) in [5.41, 5.74) is 1.82. The number of benzene rings is 1. The first kappa shape index (κ1) is 15.2. The number of aryl methyl sites for hydroxylation is 1. The van der Waals surface area contributed by atoms with Crippen LogP contribution in [0.25, 0.3) is 0 Å². The van der Waals surface area contributed by atoms with Crippen molar-refractivity contribution in [3.05, 3.63) is 53.1 Å². The minimum absolute atomic E-state index is 0.0651. The summed E-state index contributed by atoms with van der Waals surface area (Å²) in [7, 11) is 0. The van der Waals surface area contributed by atoms with Gasteiger partial charge in [-0.1, -0.05) is 12.1 Å². The van der Waals surface area contributed by atoms with Crippen LogP contribution in [0.4, 0.5) is 4.39 Å². The van der Waals surface area contributed by atoms with E-state index in [9.17, 15) is 19.1 Å². The average Bonchev–Trinajstić information content (AvgIpc) is 3.11. The zero-order chi connectivity index (χ0) is 16.4. The summed E-state index contributed by atoms with van der Waals surface area (Å²) >= 11 is 0. The van der Waals surface area contributed by atoms with E-state index in [1.807, 2.05) is 0 Å². The van der Waals surface area contributed by atoms with Gasteiger partial charge in [-0.25, -0.2) is 4.39 Å². The van der Waals surface area contributed by atoms with Gasteiger partial charge in [0.1, 0.15) is 5.82 Å². The Morgan fingerprint density at radius 1 is 1.35 bits per heavy atom. The van der Waals surface area contributed by atoms with E-state index in [2.05, 4.69) is 10.4 Å². The molecule has 0 spiro atoms. The van der Waals surface area contributed by atoms with Gasteiger partial charge in [-0.05, 0) is 30.5 Å². The molecule has 1 aliphatic heterocycles. The van der Waals surface area contributed by atoms with Crippen LogP contribution in [0.3, 0.4) is 0 Å². The van der Waals surface area contributed by atoms with Crippen molar-refractivity contribution >= 4 is 11.9 Å². The molecule has 1 aliphatic rings. The fraction of sp³-hybridized carbons (Fsp3) is 0.312. The first-order chi connectivity index (χ1) is 11.1. The van der Waals surface area contributed by atoms with Gasteiger partial charge in [0.25, 0.3) is 5.91 Å². The number of hydrogen-bond acceptors (Lipinski definition) is 3. The third kappa shape index (κ3) is 3.08. The number of carboxylic acids is 1. The van der Waals surface area contributed by atoms with E-state index in [4.69, 9.17) is 0 Å². The van der Waals surface area contributed by atoms with Crippen LogP contribution in [0, 0.1) is 5.82 Å². The van der Waals surface area contributed by atoms with Crippen molar-refractivity contribution in [2.45, 2.75) is 25.3 Å². The quantitative estimate of drug-likeness (QED) is 0.876. The Morgan fingerprint density at radius 2 is 2.09 bits per heavy atom. The highest BCUT2D eigenvalue weighted by molar-refractivity contribution is 5.95. The lowest BCUT2D eigenvalue weighted by Crippen LogP contribution is -2.32. The van der Waals surface area contributed by atoms with Crippen molar-refractivity contribution in [2.24, 2.45) is 0 Å². The molecule has 1 atom stereocenters. The maximum absolute atomic E-state index is 13.0. The molecule has 1 aromatic carbocycles. The molecule has 120 valence electrons. The number of carbonyl (C=O) groups excluding carboxylic acids is 1. The molecule has 2 N–H and O–H groups in total. The third-order valence-electron chi connectivity index (χ3n) is 4.01. The Kier molecular flexibility index (Phi) is 4.10. The Labute approximate surface area is 131 Å². The predicted molar refractivity (Wildman–Crippen MR) is 79.7 cm³/mol. The van der Waals surface area contributed by atoms with Gasteiger partial charge in [-0.15, -0.1) is 0 Å². The highest BCUT2D eigenvalue weighted by Crippen LogP contribution is 2.19. The van der Waals surface area contributed by atoms with Gasteiger partial charge in [0.2, 0.25) is 0 Å². The topological polar surface area (TPSA) is 84.2 Å². The van der Waals surface area contributed by atoms with E-state index in [1.165, 1.54) is 30.5 Å². The zero-order valence-electron chi connectivity index (χ0n) is 12.3. The number of aliphatic carboxylic acids is 1. The zero-order valence-corrected chi connectivity index (χ0v) is 12.3. The van der Waals surface area contributed by atoms with Crippen LogP contribution < -0.4 is 5.32 Å². The fourth-order valence-corrected chi connectivity index (χ4v) is 2.79. The minimum atomic E-state index is -1.07. The van der Waals surface area contributed by atoms with Gasteiger partial charge in [0, 0.05) is 13.1 Å². The van der Waals surface area contributed by atoms with E-state index in [0.717, 1.165) is 25.1 Å². The summed E-state index contributed by atoms with van der Waals surface area (Å²) in [6.07, 6.45) is 3.26. The van der Waals surface area contributed by atoms with E-state index >= 15 is 0 Å². The average molecular weight is 317 g/mol. The second-order valence-electron chi connectivity index (χ2n) is 5.48. The first-order valence-electron chi connectivity index (χ1n) is 7.37. The number of carboxylic acid groups (broad SMARTS) is 1. The van der Waals surface area contributed by atoms with Crippen LogP contribution in [-0.2, 0) is 17.8 Å². The summed E-state index contributed by atoms with van der Waals surface area (Å²) in [5, 5.41) is 16.1. The number of amides is 1. The van der Waals surface area contributed by atoms with Crippen LogP contribution in [-0.4, -0.2) is 33.3 Å². The summed E-state index contributed by atoms with van der Waals surface area (Å²) in [6, 6.07) is 5.24. The SMILES string of the molecule is O=C(NCC(C(=O)O)c1ccc(F)cc1)c1cnn2c1CCC2. The number of rotatable bonds is 5. The van der Waals surface area contributed by atoms with Crippen molar-refractivity contribution in [3.8, 4) is 0 Å². The lowest BCUT2D eigenvalue weighted by molar-refractivity contribution is -0.138.